The molecule has 0 spiro atoms. The van der Waals surface area contributed by atoms with E-state index in [1.54, 1.807) is 24.3 Å². The van der Waals surface area contributed by atoms with Crippen LogP contribution in [-0.4, -0.2) is 24.1 Å². The number of benzene rings is 1. The lowest BCUT2D eigenvalue weighted by atomic mass is 10.2. The highest BCUT2D eigenvalue weighted by Crippen LogP contribution is 2.15. The van der Waals surface area contributed by atoms with Crippen LogP contribution in [0.2, 0.25) is 0 Å². The summed E-state index contributed by atoms with van der Waals surface area (Å²) in [6.07, 6.45) is 0. The molecule has 0 aromatic heterocycles. The van der Waals surface area contributed by atoms with Crippen molar-refractivity contribution in [1.29, 1.82) is 0 Å². The van der Waals surface area contributed by atoms with Gasteiger partial charge < -0.3 is 15.6 Å². The third-order valence-corrected chi connectivity index (χ3v) is 1.37. The number of carboxylic acid groups (broad SMARTS) is 1. The van der Waals surface area contributed by atoms with Crippen molar-refractivity contribution in [2.45, 2.75) is 6.92 Å². The SMILES string of the molecule is CC(=O)O.COc1ccccc1C(N)=O. The molecule has 0 fully saturated rings. The van der Waals surface area contributed by atoms with E-state index in [0.717, 1.165) is 6.92 Å². The molecule has 1 aromatic rings. The van der Waals surface area contributed by atoms with Crippen LogP contribution in [0, 0.1) is 0 Å². The zero-order valence-electron chi connectivity index (χ0n) is 8.56. The Morgan fingerprint density at radius 3 is 2.13 bits per heavy atom. The Hall–Kier alpha value is -2.04. The molecule has 82 valence electrons. The summed E-state index contributed by atoms with van der Waals surface area (Å²) in [5, 5.41) is 7.42. The van der Waals surface area contributed by atoms with Crippen LogP contribution in [0.25, 0.3) is 0 Å². The topological polar surface area (TPSA) is 89.6 Å². The van der Waals surface area contributed by atoms with Crippen molar-refractivity contribution in [3.05, 3.63) is 29.8 Å². The predicted molar refractivity (Wildman–Crippen MR) is 54.8 cm³/mol. The number of primary amides is 1. The summed E-state index contributed by atoms with van der Waals surface area (Å²) in [7, 11) is 1.50. The van der Waals surface area contributed by atoms with Gasteiger partial charge >= 0.3 is 0 Å². The van der Waals surface area contributed by atoms with Crippen molar-refractivity contribution >= 4 is 11.9 Å². The molecule has 1 rings (SSSR count). The molecule has 0 aliphatic heterocycles. The Labute approximate surface area is 87.5 Å². The molecule has 0 bridgehead atoms. The monoisotopic (exact) mass is 211 g/mol. The maximum Gasteiger partial charge on any atom is 0.300 e. The number of rotatable bonds is 2. The molecule has 0 saturated carbocycles. The van der Waals surface area contributed by atoms with E-state index < -0.39 is 11.9 Å². The molecule has 15 heavy (non-hydrogen) atoms. The maximum atomic E-state index is 10.7. The van der Waals surface area contributed by atoms with Gasteiger partial charge in [0.1, 0.15) is 5.75 Å². The van der Waals surface area contributed by atoms with Gasteiger partial charge in [-0.1, -0.05) is 12.1 Å². The van der Waals surface area contributed by atoms with Gasteiger partial charge in [-0.25, -0.2) is 0 Å². The molecule has 0 aliphatic rings. The molecule has 0 unspecified atom stereocenters. The summed E-state index contributed by atoms with van der Waals surface area (Å²) in [5.74, 6) is -0.789. The Kier molecular flexibility index (Phi) is 5.55. The van der Waals surface area contributed by atoms with Gasteiger partial charge in [0.05, 0.1) is 12.7 Å². The molecule has 3 N–H and O–H groups in total. The molecule has 0 aliphatic carbocycles. The molecule has 0 radical (unpaired) electrons. The van der Waals surface area contributed by atoms with Crippen LogP contribution >= 0.6 is 0 Å². The summed E-state index contributed by atoms with van der Waals surface area (Å²) in [5.41, 5.74) is 5.48. The predicted octanol–water partition coefficient (Wildman–Crippen LogP) is 0.885. The Bertz CT molecular complexity index is 345. The lowest BCUT2D eigenvalue weighted by Gasteiger charge is -2.02. The van der Waals surface area contributed by atoms with Crippen LogP contribution in [0.3, 0.4) is 0 Å². The average Bonchev–Trinajstić information content (AvgIpc) is 2.16. The minimum Gasteiger partial charge on any atom is -0.496 e. The number of carbonyl (C=O) groups excluding carboxylic acids is 1. The number of carbonyl (C=O) groups is 2. The zero-order chi connectivity index (χ0) is 11.8. The fourth-order valence-electron chi connectivity index (χ4n) is 0.848. The number of carboxylic acids is 1. The van der Waals surface area contributed by atoms with Gasteiger partial charge in [-0.05, 0) is 12.1 Å². The molecule has 0 atom stereocenters. The molecule has 5 nitrogen and oxygen atoms in total. The second-order valence-electron chi connectivity index (χ2n) is 2.58. The number of methoxy groups -OCH3 is 1. The van der Waals surface area contributed by atoms with Gasteiger partial charge in [0, 0.05) is 6.92 Å². The first-order valence-corrected chi connectivity index (χ1v) is 4.11. The molecule has 5 heteroatoms. The fraction of sp³-hybridized carbons (Fsp3) is 0.200. The van der Waals surface area contributed by atoms with Gasteiger partial charge in [-0.3, -0.25) is 9.59 Å². The highest BCUT2D eigenvalue weighted by molar-refractivity contribution is 5.95. The quantitative estimate of drug-likeness (QED) is 0.760. The zero-order valence-corrected chi connectivity index (χ0v) is 8.56. The Balaban J connectivity index is 0.000000423. The van der Waals surface area contributed by atoms with Crippen LogP contribution in [0.4, 0.5) is 0 Å². The van der Waals surface area contributed by atoms with Gasteiger partial charge in [0.15, 0.2) is 0 Å². The van der Waals surface area contributed by atoms with Crippen molar-refractivity contribution < 1.29 is 19.4 Å². The van der Waals surface area contributed by atoms with Crippen molar-refractivity contribution in [3.63, 3.8) is 0 Å². The van der Waals surface area contributed by atoms with E-state index in [4.69, 9.17) is 20.4 Å². The van der Waals surface area contributed by atoms with E-state index in [-0.39, 0.29) is 0 Å². The van der Waals surface area contributed by atoms with E-state index in [1.807, 2.05) is 0 Å². The number of aliphatic carboxylic acids is 1. The van der Waals surface area contributed by atoms with Gasteiger partial charge in [0.25, 0.3) is 11.9 Å². The maximum absolute atomic E-state index is 10.7. The summed E-state index contributed by atoms with van der Waals surface area (Å²) < 4.78 is 4.91. The summed E-state index contributed by atoms with van der Waals surface area (Å²) in [6, 6.07) is 6.84. The molecule has 1 amide bonds. The van der Waals surface area contributed by atoms with Gasteiger partial charge in [-0.15, -0.1) is 0 Å². The third kappa shape index (κ3) is 5.30. The highest BCUT2D eigenvalue weighted by atomic mass is 16.5. The van der Waals surface area contributed by atoms with Crippen molar-refractivity contribution in [1.82, 2.24) is 0 Å². The summed E-state index contributed by atoms with van der Waals surface area (Å²) >= 11 is 0. The van der Waals surface area contributed by atoms with Crippen molar-refractivity contribution in [3.8, 4) is 5.75 Å². The van der Waals surface area contributed by atoms with E-state index in [2.05, 4.69) is 0 Å². The van der Waals surface area contributed by atoms with E-state index in [0.29, 0.717) is 11.3 Å². The first kappa shape index (κ1) is 13.0. The van der Waals surface area contributed by atoms with Crippen LogP contribution in [0.15, 0.2) is 24.3 Å². The Morgan fingerprint density at radius 2 is 1.80 bits per heavy atom. The van der Waals surface area contributed by atoms with Crippen molar-refractivity contribution in [2.75, 3.05) is 7.11 Å². The molecule has 1 aromatic carbocycles. The number of hydrogen-bond donors (Lipinski definition) is 2. The third-order valence-electron chi connectivity index (χ3n) is 1.37. The molecular weight excluding hydrogens is 198 g/mol. The van der Waals surface area contributed by atoms with Gasteiger partial charge in [0.2, 0.25) is 0 Å². The number of para-hydroxylation sites is 1. The first-order chi connectivity index (χ1) is 6.99. The lowest BCUT2D eigenvalue weighted by Crippen LogP contribution is -2.11. The largest absolute Gasteiger partial charge is 0.496 e. The summed E-state index contributed by atoms with van der Waals surface area (Å²) in [4.78, 5) is 19.7. The Morgan fingerprint density at radius 1 is 1.33 bits per heavy atom. The van der Waals surface area contributed by atoms with E-state index in [9.17, 15) is 4.79 Å². The smallest absolute Gasteiger partial charge is 0.300 e. The van der Waals surface area contributed by atoms with Crippen LogP contribution in [-0.2, 0) is 4.79 Å². The number of hydrogen-bond acceptors (Lipinski definition) is 3. The number of amides is 1. The second kappa shape index (κ2) is 6.42. The molecule has 0 saturated heterocycles. The minimum absolute atomic E-state index is 0.412. The van der Waals surface area contributed by atoms with Crippen LogP contribution < -0.4 is 10.5 Å². The van der Waals surface area contributed by atoms with Crippen LogP contribution in [0.5, 0.6) is 5.75 Å². The first-order valence-electron chi connectivity index (χ1n) is 4.11. The summed E-state index contributed by atoms with van der Waals surface area (Å²) in [6.45, 7) is 1.08. The average molecular weight is 211 g/mol. The fourth-order valence-corrected chi connectivity index (χ4v) is 0.848. The minimum atomic E-state index is -0.833. The van der Waals surface area contributed by atoms with Gasteiger partial charge in [-0.2, -0.15) is 0 Å². The number of ether oxygens (including phenoxy) is 1. The normalized spacial score (nSPS) is 8.40. The lowest BCUT2D eigenvalue weighted by molar-refractivity contribution is -0.134. The second-order valence-corrected chi connectivity index (χ2v) is 2.58. The van der Waals surface area contributed by atoms with E-state index in [1.165, 1.54) is 7.11 Å². The highest BCUT2D eigenvalue weighted by Gasteiger charge is 2.05. The molecular formula is C10H13NO4. The molecule has 0 heterocycles. The van der Waals surface area contributed by atoms with Crippen LogP contribution in [0.1, 0.15) is 17.3 Å². The standard InChI is InChI=1S/C8H9NO2.C2H4O2/c1-11-7-5-3-2-4-6(7)8(9)10;1-2(3)4/h2-5H,1H3,(H2,9,10);1H3,(H,3,4). The number of nitrogens with two attached hydrogens (primary N) is 1. The van der Waals surface area contributed by atoms with E-state index >= 15 is 0 Å². The van der Waals surface area contributed by atoms with Crippen molar-refractivity contribution in [2.24, 2.45) is 5.73 Å².